The Morgan fingerprint density at radius 1 is 0.913 bits per heavy atom. The van der Waals surface area contributed by atoms with Gasteiger partial charge in [-0.05, 0) is 41.0 Å². The van der Waals surface area contributed by atoms with Gasteiger partial charge >= 0.3 is 0 Å². The maximum Gasteiger partial charge on any atom is 0.224 e. The summed E-state index contributed by atoms with van der Waals surface area (Å²) in [4.78, 5) is 12.1. The van der Waals surface area contributed by atoms with E-state index in [1.807, 2.05) is 18.2 Å². The summed E-state index contributed by atoms with van der Waals surface area (Å²) >= 11 is 11.9. The number of anilines is 1. The summed E-state index contributed by atoms with van der Waals surface area (Å²) in [7, 11) is 0. The van der Waals surface area contributed by atoms with Crippen LogP contribution in [0.2, 0.25) is 10.0 Å². The van der Waals surface area contributed by atoms with E-state index in [0.717, 1.165) is 0 Å². The molecule has 0 bridgehead atoms. The van der Waals surface area contributed by atoms with E-state index in [0.29, 0.717) is 28.6 Å². The second kappa shape index (κ2) is 7.03. The molecule has 23 heavy (non-hydrogen) atoms. The van der Waals surface area contributed by atoms with Gasteiger partial charge in [-0.1, -0.05) is 65.7 Å². The Morgan fingerprint density at radius 2 is 1.61 bits per heavy atom. The third-order valence-corrected chi connectivity index (χ3v) is 4.08. The largest absolute Gasteiger partial charge is 0.326 e. The molecule has 0 saturated carbocycles. The van der Waals surface area contributed by atoms with Crippen LogP contribution in [0.5, 0.6) is 0 Å². The lowest BCUT2D eigenvalue weighted by Crippen LogP contribution is -2.12. The summed E-state index contributed by atoms with van der Waals surface area (Å²) in [5.41, 5.74) is 1.78. The highest BCUT2D eigenvalue weighted by atomic mass is 35.5. The Bertz CT molecular complexity index is 835. The minimum absolute atomic E-state index is 0.0590. The molecule has 0 heterocycles. The first-order valence-electron chi connectivity index (χ1n) is 7.34. The van der Waals surface area contributed by atoms with Gasteiger partial charge in [0.1, 0.15) is 0 Å². The van der Waals surface area contributed by atoms with Gasteiger partial charge < -0.3 is 5.32 Å². The zero-order valence-electron chi connectivity index (χ0n) is 12.4. The Balaban J connectivity index is 1.68. The summed E-state index contributed by atoms with van der Waals surface area (Å²) in [6.07, 6.45) is 1.08. The van der Waals surface area contributed by atoms with E-state index < -0.39 is 0 Å². The van der Waals surface area contributed by atoms with Crippen LogP contribution < -0.4 is 5.32 Å². The predicted molar refractivity (Wildman–Crippen MR) is 97.4 cm³/mol. The smallest absolute Gasteiger partial charge is 0.224 e. The number of amides is 1. The van der Waals surface area contributed by atoms with E-state index in [4.69, 9.17) is 23.2 Å². The van der Waals surface area contributed by atoms with Gasteiger partial charge in [-0.25, -0.2) is 0 Å². The lowest BCUT2D eigenvalue weighted by Gasteiger charge is -2.08. The van der Waals surface area contributed by atoms with Crippen LogP contribution in [0.4, 0.5) is 5.69 Å². The number of halogens is 2. The summed E-state index contributed by atoms with van der Waals surface area (Å²) < 4.78 is 0. The third kappa shape index (κ3) is 4.04. The maximum absolute atomic E-state index is 12.1. The Kier molecular flexibility index (Phi) is 4.85. The van der Waals surface area contributed by atoms with Gasteiger partial charge in [-0.15, -0.1) is 0 Å². The first-order chi connectivity index (χ1) is 11.1. The van der Waals surface area contributed by atoms with Crippen molar-refractivity contribution in [2.75, 3.05) is 5.32 Å². The minimum atomic E-state index is -0.0590. The average Bonchev–Trinajstić information content (AvgIpc) is 2.52. The zero-order chi connectivity index (χ0) is 16.2. The fraction of sp³-hybridized carbons (Fsp3) is 0.105. The van der Waals surface area contributed by atoms with E-state index in [1.165, 1.54) is 16.3 Å². The zero-order valence-corrected chi connectivity index (χ0v) is 13.9. The molecule has 0 aliphatic carbocycles. The number of aryl methyl sites for hydroxylation is 1. The molecule has 3 aromatic rings. The van der Waals surface area contributed by atoms with Crippen LogP contribution in [-0.2, 0) is 11.2 Å². The fourth-order valence-electron chi connectivity index (χ4n) is 2.61. The molecule has 1 N–H and O–H groups in total. The Morgan fingerprint density at radius 3 is 2.39 bits per heavy atom. The molecule has 4 heteroatoms. The van der Waals surface area contributed by atoms with Gasteiger partial charge in [-0.3, -0.25) is 4.79 Å². The number of carbonyl (C=O) groups is 1. The second-order valence-corrected chi connectivity index (χ2v) is 6.22. The Hall–Kier alpha value is -2.03. The van der Waals surface area contributed by atoms with Crippen molar-refractivity contribution < 1.29 is 4.79 Å². The normalized spacial score (nSPS) is 10.7. The molecule has 0 spiro atoms. The standard InChI is InChI=1S/C19H15Cl2NO/c20-15-10-16(21)12-17(11-15)22-19(23)9-8-14-6-3-5-13-4-1-2-7-18(13)14/h1-7,10-12H,8-9H2,(H,22,23). The van der Waals surface area contributed by atoms with E-state index >= 15 is 0 Å². The van der Waals surface area contributed by atoms with Crippen molar-refractivity contribution in [2.24, 2.45) is 0 Å². The van der Waals surface area contributed by atoms with E-state index in [1.54, 1.807) is 18.2 Å². The van der Waals surface area contributed by atoms with Gasteiger partial charge in [0, 0.05) is 22.2 Å². The number of benzene rings is 3. The highest BCUT2D eigenvalue weighted by molar-refractivity contribution is 6.35. The second-order valence-electron chi connectivity index (χ2n) is 5.34. The molecule has 3 rings (SSSR count). The number of carbonyl (C=O) groups excluding carboxylic acids is 1. The van der Waals surface area contributed by atoms with Crippen molar-refractivity contribution in [2.45, 2.75) is 12.8 Å². The van der Waals surface area contributed by atoms with Gasteiger partial charge in [0.05, 0.1) is 0 Å². The molecule has 0 aliphatic heterocycles. The SMILES string of the molecule is O=C(CCc1cccc2ccccc12)Nc1cc(Cl)cc(Cl)c1. The predicted octanol–water partition coefficient (Wildman–Crippen LogP) is 5.72. The van der Waals surface area contributed by atoms with E-state index in [9.17, 15) is 4.79 Å². The molecule has 116 valence electrons. The van der Waals surface area contributed by atoms with Gasteiger partial charge in [-0.2, -0.15) is 0 Å². The quantitative estimate of drug-likeness (QED) is 0.644. The van der Waals surface area contributed by atoms with Crippen molar-refractivity contribution in [1.29, 1.82) is 0 Å². The minimum Gasteiger partial charge on any atom is -0.326 e. The fourth-order valence-corrected chi connectivity index (χ4v) is 3.13. The highest BCUT2D eigenvalue weighted by Crippen LogP contribution is 2.23. The third-order valence-electron chi connectivity index (χ3n) is 3.65. The van der Waals surface area contributed by atoms with Crippen LogP contribution in [-0.4, -0.2) is 5.91 Å². The molecule has 0 atom stereocenters. The van der Waals surface area contributed by atoms with Crippen molar-refractivity contribution in [1.82, 2.24) is 0 Å². The van der Waals surface area contributed by atoms with E-state index in [2.05, 4.69) is 29.6 Å². The molecular formula is C19H15Cl2NO. The van der Waals surface area contributed by atoms with Crippen LogP contribution >= 0.6 is 23.2 Å². The summed E-state index contributed by atoms with van der Waals surface area (Å²) in [5, 5.41) is 6.21. The van der Waals surface area contributed by atoms with E-state index in [-0.39, 0.29) is 5.91 Å². The Labute approximate surface area is 145 Å². The first-order valence-corrected chi connectivity index (χ1v) is 8.10. The van der Waals surface area contributed by atoms with Crippen molar-refractivity contribution in [3.05, 3.63) is 76.3 Å². The molecule has 0 aliphatic rings. The number of nitrogens with one attached hydrogen (secondary N) is 1. The molecule has 2 nitrogen and oxygen atoms in total. The van der Waals surface area contributed by atoms with Gasteiger partial charge in [0.25, 0.3) is 0 Å². The van der Waals surface area contributed by atoms with Crippen LogP contribution in [0, 0.1) is 0 Å². The van der Waals surface area contributed by atoms with Crippen LogP contribution in [0.1, 0.15) is 12.0 Å². The van der Waals surface area contributed by atoms with Crippen molar-refractivity contribution in [3.63, 3.8) is 0 Å². The number of hydrogen-bond acceptors (Lipinski definition) is 1. The van der Waals surface area contributed by atoms with Gasteiger partial charge in [0.2, 0.25) is 5.91 Å². The molecular weight excluding hydrogens is 329 g/mol. The molecule has 0 radical (unpaired) electrons. The van der Waals surface area contributed by atoms with Gasteiger partial charge in [0.15, 0.2) is 0 Å². The van der Waals surface area contributed by atoms with Crippen LogP contribution in [0.3, 0.4) is 0 Å². The molecule has 0 aromatic heterocycles. The lowest BCUT2D eigenvalue weighted by molar-refractivity contribution is -0.116. The summed E-state index contributed by atoms with van der Waals surface area (Å²) in [6, 6.07) is 19.3. The molecule has 1 amide bonds. The number of fused-ring (bicyclic) bond motifs is 1. The highest BCUT2D eigenvalue weighted by Gasteiger charge is 2.07. The first kappa shape index (κ1) is 15.9. The van der Waals surface area contributed by atoms with Crippen molar-refractivity contribution >= 4 is 45.6 Å². The van der Waals surface area contributed by atoms with Crippen LogP contribution in [0.15, 0.2) is 60.7 Å². The maximum atomic E-state index is 12.1. The summed E-state index contributed by atoms with van der Waals surface area (Å²) in [5.74, 6) is -0.0590. The molecule has 0 fully saturated rings. The monoisotopic (exact) mass is 343 g/mol. The lowest BCUT2D eigenvalue weighted by atomic mass is 10.0. The molecule has 3 aromatic carbocycles. The summed E-state index contributed by atoms with van der Waals surface area (Å²) in [6.45, 7) is 0. The van der Waals surface area contributed by atoms with Crippen molar-refractivity contribution in [3.8, 4) is 0 Å². The van der Waals surface area contributed by atoms with Crippen LogP contribution in [0.25, 0.3) is 10.8 Å². The number of hydrogen-bond donors (Lipinski definition) is 1. The number of rotatable bonds is 4. The molecule has 0 unspecified atom stereocenters. The molecule has 0 saturated heterocycles. The topological polar surface area (TPSA) is 29.1 Å². The average molecular weight is 344 g/mol.